The van der Waals surface area contributed by atoms with Crippen molar-refractivity contribution < 1.29 is 0 Å². The van der Waals surface area contributed by atoms with Crippen LogP contribution in [0.25, 0.3) is 0 Å². The zero-order valence-electron chi connectivity index (χ0n) is 8.29. The van der Waals surface area contributed by atoms with Crippen molar-refractivity contribution in [2.75, 3.05) is 11.8 Å². The first-order valence-electron chi connectivity index (χ1n) is 4.93. The van der Waals surface area contributed by atoms with E-state index in [0.29, 0.717) is 0 Å². The molecule has 0 saturated heterocycles. The minimum absolute atomic E-state index is 0.767. The van der Waals surface area contributed by atoms with Crippen LogP contribution in [0.5, 0.6) is 0 Å². The average molecular weight is 262 g/mol. The molecule has 4 heteroatoms. The fourth-order valence-electron chi connectivity index (χ4n) is 1.30. The molecular formula is C9H19Cl3Si. The fraction of sp³-hybridized carbons (Fsp3) is 1.00. The molecule has 13 heavy (non-hydrogen) atoms. The first-order chi connectivity index (χ1) is 6.12. The Balaban J connectivity index is 3.42. The maximum absolute atomic E-state index is 6.46. The lowest BCUT2D eigenvalue weighted by atomic mass is 10.4. The van der Waals surface area contributed by atoms with E-state index in [1.54, 1.807) is 0 Å². The summed E-state index contributed by atoms with van der Waals surface area (Å²) in [5, 5.41) is 0. The van der Waals surface area contributed by atoms with E-state index in [1.165, 1.54) is 24.9 Å². The summed E-state index contributed by atoms with van der Waals surface area (Å²) in [5.74, 6) is 1.53. The SMILES string of the molecule is C[Si](Cl)(CCCCCl)CCCCCl. The Morgan fingerprint density at radius 2 is 1.23 bits per heavy atom. The van der Waals surface area contributed by atoms with Gasteiger partial charge in [0.15, 0.2) is 7.38 Å². The number of halogens is 3. The van der Waals surface area contributed by atoms with E-state index in [9.17, 15) is 0 Å². The van der Waals surface area contributed by atoms with E-state index >= 15 is 0 Å². The minimum atomic E-state index is -1.42. The molecule has 80 valence electrons. The van der Waals surface area contributed by atoms with Gasteiger partial charge in [0.25, 0.3) is 0 Å². The molecule has 0 saturated carbocycles. The first-order valence-corrected chi connectivity index (χ1v) is 9.93. The number of hydrogen-bond acceptors (Lipinski definition) is 0. The average Bonchev–Trinajstić information content (AvgIpc) is 2.05. The Morgan fingerprint density at radius 3 is 1.54 bits per heavy atom. The van der Waals surface area contributed by atoms with Crippen molar-refractivity contribution in [3.05, 3.63) is 0 Å². The molecule has 0 aliphatic carbocycles. The Hall–Kier alpha value is 1.09. The minimum Gasteiger partial charge on any atom is -0.167 e. The van der Waals surface area contributed by atoms with Crippen molar-refractivity contribution in [1.29, 1.82) is 0 Å². The molecular weight excluding hydrogens is 243 g/mol. The van der Waals surface area contributed by atoms with E-state index < -0.39 is 7.38 Å². The molecule has 0 heterocycles. The second-order valence-corrected chi connectivity index (χ2v) is 11.0. The molecule has 0 rings (SSSR count). The number of rotatable bonds is 8. The molecule has 0 bridgehead atoms. The Morgan fingerprint density at radius 1 is 0.846 bits per heavy atom. The Bertz CT molecular complexity index is 105. The van der Waals surface area contributed by atoms with E-state index in [0.717, 1.165) is 24.6 Å². The second kappa shape index (κ2) is 8.40. The van der Waals surface area contributed by atoms with Gasteiger partial charge >= 0.3 is 0 Å². The van der Waals surface area contributed by atoms with E-state index in [2.05, 4.69) is 6.55 Å². The van der Waals surface area contributed by atoms with Gasteiger partial charge in [-0.1, -0.05) is 19.4 Å². The Labute approximate surface area is 97.7 Å². The lowest BCUT2D eigenvalue weighted by Crippen LogP contribution is -2.21. The van der Waals surface area contributed by atoms with Crippen molar-refractivity contribution in [2.45, 2.75) is 44.3 Å². The summed E-state index contributed by atoms with van der Waals surface area (Å²) in [5.41, 5.74) is 0. The van der Waals surface area contributed by atoms with Crippen LogP contribution < -0.4 is 0 Å². The van der Waals surface area contributed by atoms with E-state index in [-0.39, 0.29) is 0 Å². The van der Waals surface area contributed by atoms with Crippen LogP contribution in [-0.2, 0) is 0 Å². The maximum Gasteiger partial charge on any atom is 0.153 e. The molecule has 0 atom stereocenters. The highest BCUT2D eigenvalue weighted by molar-refractivity contribution is 7.19. The monoisotopic (exact) mass is 260 g/mol. The van der Waals surface area contributed by atoms with Crippen LogP contribution in [-0.4, -0.2) is 19.1 Å². The number of alkyl halides is 2. The van der Waals surface area contributed by atoms with Gasteiger partial charge in [0.2, 0.25) is 0 Å². The molecule has 0 aromatic heterocycles. The third-order valence-electron chi connectivity index (χ3n) is 2.16. The lowest BCUT2D eigenvalue weighted by Gasteiger charge is -2.18. The summed E-state index contributed by atoms with van der Waals surface area (Å²) in [6.45, 7) is 2.25. The van der Waals surface area contributed by atoms with Gasteiger partial charge in [0, 0.05) is 11.8 Å². The quantitative estimate of drug-likeness (QED) is 0.254. The first kappa shape index (κ1) is 14.1. The molecule has 0 fully saturated rings. The Kier molecular flexibility index (Phi) is 9.10. The summed E-state index contributed by atoms with van der Waals surface area (Å²) >= 11 is 17.7. The zero-order valence-corrected chi connectivity index (χ0v) is 11.6. The fourth-order valence-corrected chi connectivity index (χ4v) is 4.71. The summed E-state index contributed by atoms with van der Waals surface area (Å²) in [6.07, 6.45) is 4.59. The third kappa shape index (κ3) is 9.39. The van der Waals surface area contributed by atoms with Gasteiger partial charge in [-0.25, -0.2) is 0 Å². The molecule has 0 aromatic rings. The zero-order chi connectivity index (χ0) is 10.2. The smallest absolute Gasteiger partial charge is 0.153 e. The molecule has 0 radical (unpaired) electrons. The second-order valence-electron chi connectivity index (χ2n) is 3.71. The molecule has 0 aliphatic heterocycles. The van der Waals surface area contributed by atoms with Gasteiger partial charge in [-0.15, -0.1) is 23.2 Å². The van der Waals surface area contributed by atoms with Crippen molar-refractivity contribution in [3.63, 3.8) is 0 Å². The highest BCUT2D eigenvalue weighted by atomic mass is 35.6. The van der Waals surface area contributed by atoms with Crippen molar-refractivity contribution in [3.8, 4) is 0 Å². The molecule has 0 N–H and O–H groups in total. The van der Waals surface area contributed by atoms with Crippen LogP contribution >= 0.6 is 34.3 Å². The van der Waals surface area contributed by atoms with Crippen LogP contribution in [0.1, 0.15) is 25.7 Å². The van der Waals surface area contributed by atoms with E-state index in [4.69, 9.17) is 34.3 Å². The number of unbranched alkanes of at least 4 members (excludes halogenated alkanes) is 2. The van der Waals surface area contributed by atoms with Crippen LogP contribution in [0.2, 0.25) is 18.6 Å². The van der Waals surface area contributed by atoms with Crippen LogP contribution in [0.4, 0.5) is 0 Å². The van der Waals surface area contributed by atoms with Crippen LogP contribution in [0, 0.1) is 0 Å². The maximum atomic E-state index is 6.46. The molecule has 0 aliphatic rings. The van der Waals surface area contributed by atoms with Gasteiger partial charge in [-0.05, 0) is 24.9 Å². The highest BCUT2D eigenvalue weighted by Gasteiger charge is 2.22. The van der Waals surface area contributed by atoms with Gasteiger partial charge < -0.3 is 0 Å². The predicted molar refractivity (Wildman–Crippen MR) is 67.0 cm³/mol. The molecule has 0 unspecified atom stereocenters. The van der Waals surface area contributed by atoms with Gasteiger partial charge in [0.05, 0.1) is 0 Å². The summed E-state index contributed by atoms with van der Waals surface area (Å²) < 4.78 is 0. The largest absolute Gasteiger partial charge is 0.167 e. The van der Waals surface area contributed by atoms with Crippen LogP contribution in [0.15, 0.2) is 0 Å². The predicted octanol–water partition coefficient (Wildman–Crippen LogP) is 4.84. The molecule has 0 aromatic carbocycles. The highest BCUT2D eigenvalue weighted by Crippen LogP contribution is 2.25. The summed E-state index contributed by atoms with van der Waals surface area (Å²) in [4.78, 5) is 0. The van der Waals surface area contributed by atoms with Crippen molar-refractivity contribution in [1.82, 2.24) is 0 Å². The van der Waals surface area contributed by atoms with E-state index in [1.807, 2.05) is 0 Å². The topological polar surface area (TPSA) is 0 Å². The van der Waals surface area contributed by atoms with Gasteiger partial charge in [-0.3, -0.25) is 0 Å². The molecule has 0 spiro atoms. The molecule has 0 amide bonds. The van der Waals surface area contributed by atoms with Crippen molar-refractivity contribution in [2.24, 2.45) is 0 Å². The third-order valence-corrected chi connectivity index (χ3v) is 6.62. The molecule has 0 nitrogen and oxygen atoms in total. The van der Waals surface area contributed by atoms with Gasteiger partial charge in [-0.2, -0.15) is 11.1 Å². The number of hydrogen-bond donors (Lipinski definition) is 0. The normalized spacial score (nSPS) is 12.0. The lowest BCUT2D eigenvalue weighted by molar-refractivity contribution is 0.844. The van der Waals surface area contributed by atoms with Crippen LogP contribution in [0.3, 0.4) is 0 Å². The summed E-state index contributed by atoms with van der Waals surface area (Å²) in [6, 6.07) is 2.40. The van der Waals surface area contributed by atoms with Gasteiger partial charge in [0.1, 0.15) is 0 Å². The summed E-state index contributed by atoms with van der Waals surface area (Å²) in [7, 11) is -1.42. The van der Waals surface area contributed by atoms with Crippen molar-refractivity contribution >= 4 is 41.7 Å². The standard InChI is InChI=1S/C9H19Cl3Si/c1-13(12,8-4-2-6-10)9-5-3-7-11/h2-9H2,1H3.